The normalized spacial score (nSPS) is 23.0. The molecule has 4 rings (SSSR count). The molecule has 0 aliphatic carbocycles. The van der Waals surface area contributed by atoms with E-state index < -0.39 is 5.60 Å². The van der Waals surface area contributed by atoms with E-state index in [1.165, 1.54) is 4.90 Å². The fourth-order valence-corrected chi connectivity index (χ4v) is 4.80. The number of ether oxygens (including phenoxy) is 1. The number of benzene rings is 2. The minimum absolute atomic E-state index is 0.0185. The molecule has 2 saturated heterocycles. The summed E-state index contributed by atoms with van der Waals surface area (Å²) in [5.41, 5.74) is 1.97. The third-order valence-electron chi connectivity index (χ3n) is 6.51. The molecule has 7 nitrogen and oxygen atoms in total. The fraction of sp³-hybridized carbons (Fsp3) is 0.423. The number of hydrogen-bond donors (Lipinski definition) is 0. The summed E-state index contributed by atoms with van der Waals surface area (Å²) < 4.78 is 6.16. The Labute approximate surface area is 194 Å². The first-order valence-corrected chi connectivity index (χ1v) is 11.3. The molecule has 0 unspecified atom stereocenters. The summed E-state index contributed by atoms with van der Waals surface area (Å²) >= 11 is 0. The third kappa shape index (κ3) is 4.78. The van der Waals surface area contributed by atoms with Crippen LogP contribution in [-0.2, 0) is 25.5 Å². The molecule has 2 atom stereocenters. The molecule has 0 aromatic heterocycles. The predicted octanol–water partition coefficient (Wildman–Crippen LogP) is 2.06. The summed E-state index contributed by atoms with van der Waals surface area (Å²) in [5.74, 6) is -0.626. The van der Waals surface area contributed by atoms with Crippen LogP contribution in [0.3, 0.4) is 0 Å². The standard InChI is InChI=1S/C26H31N3O4/c1-27(2)25(32)26(16-19-8-7-11-21(14-19)20-9-5-4-6-10-20)18-29(12-13-33-26)24(31)22-15-23(30)28(3)17-22/h4-11,14,22H,12-13,15-18H2,1-3H3/t22-,26-/m1/s1. The highest BCUT2D eigenvalue weighted by atomic mass is 16.5. The Morgan fingerprint density at radius 3 is 2.48 bits per heavy atom. The van der Waals surface area contributed by atoms with Gasteiger partial charge in [-0.3, -0.25) is 14.4 Å². The summed E-state index contributed by atoms with van der Waals surface area (Å²) in [6, 6.07) is 18.2. The molecule has 0 N–H and O–H groups in total. The van der Waals surface area contributed by atoms with E-state index in [1.54, 1.807) is 30.9 Å². The van der Waals surface area contributed by atoms with Gasteiger partial charge in [0.2, 0.25) is 11.8 Å². The lowest BCUT2D eigenvalue weighted by Gasteiger charge is -2.43. The van der Waals surface area contributed by atoms with Crippen LogP contribution in [-0.4, -0.2) is 85.4 Å². The summed E-state index contributed by atoms with van der Waals surface area (Å²) in [6.07, 6.45) is 0.582. The molecule has 2 heterocycles. The van der Waals surface area contributed by atoms with Gasteiger partial charge in [-0.25, -0.2) is 0 Å². The van der Waals surface area contributed by atoms with Crippen molar-refractivity contribution in [3.8, 4) is 11.1 Å². The minimum atomic E-state index is -1.17. The van der Waals surface area contributed by atoms with Crippen LogP contribution in [0.1, 0.15) is 12.0 Å². The van der Waals surface area contributed by atoms with E-state index in [0.29, 0.717) is 19.5 Å². The van der Waals surface area contributed by atoms with E-state index in [4.69, 9.17) is 4.74 Å². The number of carbonyl (C=O) groups excluding carboxylic acids is 3. The molecule has 7 heteroatoms. The summed E-state index contributed by atoms with van der Waals surface area (Å²) in [4.78, 5) is 43.4. The van der Waals surface area contributed by atoms with Crippen LogP contribution in [0.15, 0.2) is 54.6 Å². The van der Waals surface area contributed by atoms with Crippen LogP contribution in [0.5, 0.6) is 0 Å². The van der Waals surface area contributed by atoms with Gasteiger partial charge in [-0.05, 0) is 16.7 Å². The first-order chi connectivity index (χ1) is 15.8. The van der Waals surface area contributed by atoms with Crippen LogP contribution in [0, 0.1) is 5.92 Å². The van der Waals surface area contributed by atoms with Crippen molar-refractivity contribution < 1.29 is 19.1 Å². The first kappa shape index (κ1) is 23.0. The first-order valence-electron chi connectivity index (χ1n) is 11.3. The van der Waals surface area contributed by atoms with Crippen molar-refractivity contribution in [2.24, 2.45) is 5.92 Å². The Morgan fingerprint density at radius 2 is 1.82 bits per heavy atom. The van der Waals surface area contributed by atoms with E-state index in [1.807, 2.05) is 36.4 Å². The molecule has 0 spiro atoms. The van der Waals surface area contributed by atoms with Crippen LogP contribution < -0.4 is 0 Å². The summed E-state index contributed by atoms with van der Waals surface area (Å²) in [6.45, 7) is 1.29. The highest BCUT2D eigenvalue weighted by Gasteiger charge is 2.47. The van der Waals surface area contributed by atoms with Crippen LogP contribution >= 0.6 is 0 Å². The second kappa shape index (κ2) is 9.35. The van der Waals surface area contributed by atoms with E-state index >= 15 is 0 Å². The van der Waals surface area contributed by atoms with E-state index in [9.17, 15) is 14.4 Å². The van der Waals surface area contributed by atoms with E-state index in [2.05, 4.69) is 18.2 Å². The molecule has 174 valence electrons. The fourth-order valence-electron chi connectivity index (χ4n) is 4.80. The molecule has 3 amide bonds. The number of likely N-dealkylation sites (tertiary alicyclic amines) is 1. The lowest BCUT2D eigenvalue weighted by atomic mass is 9.89. The second-order valence-corrected chi connectivity index (χ2v) is 9.22. The van der Waals surface area contributed by atoms with Crippen molar-refractivity contribution in [1.29, 1.82) is 0 Å². The molecule has 0 bridgehead atoms. The Hall–Kier alpha value is -3.19. The molecule has 0 saturated carbocycles. The van der Waals surface area contributed by atoms with Gasteiger partial charge in [-0.1, -0.05) is 54.6 Å². The van der Waals surface area contributed by atoms with Crippen LogP contribution in [0.2, 0.25) is 0 Å². The number of rotatable bonds is 5. The lowest BCUT2D eigenvalue weighted by Crippen LogP contribution is -2.62. The topological polar surface area (TPSA) is 70.2 Å². The SMILES string of the molecule is CN(C)C(=O)[C@@]1(Cc2cccc(-c3ccccc3)c2)CN(C(=O)[C@@H]2CC(=O)N(C)C2)CCO1. The number of nitrogens with zero attached hydrogens (tertiary/aromatic N) is 3. The van der Waals surface area contributed by atoms with Gasteiger partial charge < -0.3 is 19.4 Å². The number of likely N-dealkylation sites (N-methyl/N-ethyl adjacent to an activating group) is 1. The third-order valence-corrected chi connectivity index (χ3v) is 6.51. The second-order valence-electron chi connectivity index (χ2n) is 9.22. The maximum atomic E-state index is 13.4. The summed E-state index contributed by atoms with van der Waals surface area (Å²) in [7, 11) is 5.13. The molecule has 2 aliphatic rings. The summed E-state index contributed by atoms with van der Waals surface area (Å²) in [5, 5.41) is 0. The van der Waals surface area contributed by atoms with Gasteiger partial charge in [-0.2, -0.15) is 0 Å². The van der Waals surface area contributed by atoms with Crippen molar-refractivity contribution in [3.63, 3.8) is 0 Å². The van der Waals surface area contributed by atoms with Crippen LogP contribution in [0.25, 0.3) is 11.1 Å². The van der Waals surface area contributed by atoms with Gasteiger partial charge in [0.15, 0.2) is 5.60 Å². The van der Waals surface area contributed by atoms with Crippen LogP contribution in [0.4, 0.5) is 0 Å². The number of carbonyl (C=O) groups is 3. The van der Waals surface area contributed by atoms with Gasteiger partial charge in [0, 0.05) is 47.1 Å². The zero-order chi connectivity index (χ0) is 23.6. The van der Waals surface area contributed by atoms with E-state index in [-0.39, 0.29) is 43.2 Å². The van der Waals surface area contributed by atoms with Crippen molar-refractivity contribution in [2.75, 3.05) is 47.4 Å². The van der Waals surface area contributed by atoms with Crippen molar-refractivity contribution in [2.45, 2.75) is 18.4 Å². The molecule has 0 radical (unpaired) electrons. The Kier molecular flexibility index (Phi) is 6.51. The number of amides is 3. The maximum Gasteiger partial charge on any atom is 0.256 e. The largest absolute Gasteiger partial charge is 0.361 e. The molecular weight excluding hydrogens is 418 g/mol. The highest BCUT2D eigenvalue weighted by molar-refractivity contribution is 5.91. The Morgan fingerprint density at radius 1 is 1.09 bits per heavy atom. The Bertz CT molecular complexity index is 1040. The lowest BCUT2D eigenvalue weighted by molar-refractivity contribution is -0.173. The van der Waals surface area contributed by atoms with E-state index in [0.717, 1.165) is 16.7 Å². The highest BCUT2D eigenvalue weighted by Crippen LogP contribution is 2.29. The van der Waals surface area contributed by atoms with Gasteiger partial charge >= 0.3 is 0 Å². The number of morpholine rings is 1. The van der Waals surface area contributed by atoms with Crippen molar-refractivity contribution in [3.05, 3.63) is 60.2 Å². The monoisotopic (exact) mass is 449 g/mol. The minimum Gasteiger partial charge on any atom is -0.361 e. The molecule has 2 aromatic carbocycles. The van der Waals surface area contributed by atoms with Crippen molar-refractivity contribution in [1.82, 2.24) is 14.7 Å². The van der Waals surface area contributed by atoms with Gasteiger partial charge in [0.25, 0.3) is 5.91 Å². The quantitative estimate of drug-likeness (QED) is 0.701. The van der Waals surface area contributed by atoms with Gasteiger partial charge in [-0.15, -0.1) is 0 Å². The predicted molar refractivity (Wildman–Crippen MR) is 125 cm³/mol. The zero-order valence-electron chi connectivity index (χ0n) is 19.5. The molecule has 2 aromatic rings. The zero-order valence-corrected chi connectivity index (χ0v) is 19.5. The molecule has 2 fully saturated rings. The number of hydrogen-bond acceptors (Lipinski definition) is 4. The molecule has 33 heavy (non-hydrogen) atoms. The Balaban J connectivity index is 1.60. The van der Waals surface area contributed by atoms with Crippen molar-refractivity contribution >= 4 is 17.7 Å². The van der Waals surface area contributed by atoms with Gasteiger partial charge in [0.05, 0.1) is 19.1 Å². The average Bonchev–Trinajstić information content (AvgIpc) is 3.17. The average molecular weight is 450 g/mol. The van der Waals surface area contributed by atoms with Gasteiger partial charge in [0.1, 0.15) is 0 Å². The smallest absolute Gasteiger partial charge is 0.256 e. The molecular formula is C26H31N3O4. The molecule has 2 aliphatic heterocycles. The maximum absolute atomic E-state index is 13.4.